The van der Waals surface area contributed by atoms with Gasteiger partial charge in [-0.15, -0.1) is 0 Å². The fourth-order valence-corrected chi connectivity index (χ4v) is 5.20. The number of rotatable bonds is 6. The smallest absolute Gasteiger partial charge is 0.321 e. The van der Waals surface area contributed by atoms with Crippen LogP contribution in [0.3, 0.4) is 0 Å². The maximum Gasteiger partial charge on any atom is 0.321 e. The number of urea groups is 1. The van der Waals surface area contributed by atoms with E-state index in [4.69, 9.17) is 18.9 Å². The van der Waals surface area contributed by atoms with Crippen LogP contribution in [0.4, 0.5) is 15.9 Å². The van der Waals surface area contributed by atoms with Crippen LogP contribution in [0, 0.1) is 0 Å². The number of aliphatic hydroxyl groups is 1. The van der Waals surface area contributed by atoms with Gasteiger partial charge in [-0.25, -0.2) is 9.78 Å². The van der Waals surface area contributed by atoms with Crippen molar-refractivity contribution in [3.63, 3.8) is 0 Å². The van der Waals surface area contributed by atoms with Crippen molar-refractivity contribution in [3.05, 3.63) is 28.8 Å². The van der Waals surface area contributed by atoms with E-state index < -0.39 is 11.6 Å². The van der Waals surface area contributed by atoms with Gasteiger partial charge in [-0.3, -0.25) is 5.32 Å². The summed E-state index contributed by atoms with van der Waals surface area (Å²) in [6, 6.07) is 5.72. The first-order valence-corrected chi connectivity index (χ1v) is 11.8. The molecular formula is C22H27N5O5S. The molecule has 5 rings (SSSR count). The van der Waals surface area contributed by atoms with Gasteiger partial charge in [0.2, 0.25) is 0 Å². The first kappa shape index (κ1) is 21.9. The second-order valence-corrected chi connectivity index (χ2v) is 9.86. The molecule has 0 aliphatic carbocycles. The normalized spacial score (nSPS) is 19.9. The predicted octanol–water partition coefficient (Wildman–Crippen LogP) is 3.08. The van der Waals surface area contributed by atoms with Crippen molar-refractivity contribution < 1.29 is 23.8 Å². The van der Waals surface area contributed by atoms with Crippen LogP contribution in [0.5, 0.6) is 5.75 Å². The molecule has 2 aromatic heterocycles. The number of hydrogen-bond acceptors (Lipinski definition) is 9. The van der Waals surface area contributed by atoms with Gasteiger partial charge in [-0.1, -0.05) is 11.3 Å². The Balaban J connectivity index is 1.39. The lowest BCUT2D eigenvalue weighted by atomic mass is 9.97. The molecule has 0 unspecified atom stereocenters. The lowest BCUT2D eigenvalue weighted by Gasteiger charge is -2.43. The van der Waals surface area contributed by atoms with Crippen LogP contribution in [0.2, 0.25) is 0 Å². The first-order valence-electron chi connectivity index (χ1n) is 11.0. The van der Waals surface area contributed by atoms with Crippen molar-refractivity contribution in [2.75, 3.05) is 36.6 Å². The molecule has 4 heterocycles. The van der Waals surface area contributed by atoms with Crippen LogP contribution in [0.1, 0.15) is 37.4 Å². The third-order valence-corrected chi connectivity index (χ3v) is 6.67. The number of hydrogen-bond donors (Lipinski definition) is 3. The van der Waals surface area contributed by atoms with Crippen molar-refractivity contribution in [2.24, 2.45) is 0 Å². The van der Waals surface area contributed by atoms with Crippen LogP contribution in [-0.4, -0.2) is 59.1 Å². The number of ether oxygens (including phenoxy) is 2. The zero-order valence-electron chi connectivity index (χ0n) is 18.8. The maximum atomic E-state index is 12.2. The van der Waals surface area contributed by atoms with Gasteiger partial charge >= 0.3 is 6.03 Å². The number of aromatic nitrogens is 2. The molecular weight excluding hydrogens is 446 g/mol. The third kappa shape index (κ3) is 4.48. The lowest BCUT2D eigenvalue weighted by Crippen LogP contribution is -2.51. The molecule has 33 heavy (non-hydrogen) atoms. The number of carbonyl (C=O) groups excluding carboxylic acids is 1. The Labute approximate surface area is 194 Å². The minimum atomic E-state index is -0.989. The fourth-order valence-electron chi connectivity index (χ4n) is 4.13. The van der Waals surface area contributed by atoms with E-state index in [1.54, 1.807) is 13.8 Å². The molecule has 11 heteroatoms. The number of anilines is 2. The van der Waals surface area contributed by atoms with Gasteiger partial charge in [0.25, 0.3) is 6.01 Å². The summed E-state index contributed by atoms with van der Waals surface area (Å²) in [4.78, 5) is 24.8. The quantitative estimate of drug-likeness (QED) is 0.499. The molecule has 2 aliphatic heterocycles. The Bertz CT molecular complexity index is 1170. The van der Waals surface area contributed by atoms with E-state index >= 15 is 0 Å². The Hall–Kier alpha value is -2.89. The van der Waals surface area contributed by atoms with E-state index in [9.17, 15) is 9.90 Å². The largest absolute Gasteiger partial charge is 0.494 e. The third-order valence-electron chi connectivity index (χ3n) is 5.56. The van der Waals surface area contributed by atoms with E-state index in [2.05, 4.69) is 20.5 Å². The topological polar surface area (TPSA) is 122 Å². The summed E-state index contributed by atoms with van der Waals surface area (Å²) in [5, 5.41) is 15.8. The SMILES string of the molecule is CCOc1ccc2oc(N3[C@@H]4COC[C@H]3c3sc(NC(=O)NCC(C)(C)O)nc3C4)nc2c1. The molecule has 176 valence electrons. The number of carbonyl (C=O) groups is 1. The highest BCUT2D eigenvalue weighted by Crippen LogP contribution is 2.44. The molecule has 0 saturated carbocycles. The Morgan fingerprint density at radius 2 is 2.21 bits per heavy atom. The summed E-state index contributed by atoms with van der Waals surface area (Å²) < 4.78 is 17.6. The van der Waals surface area contributed by atoms with Crippen molar-refractivity contribution >= 4 is 39.6 Å². The standard InChI is InChI=1S/C22H27N5O5S/c1-4-31-13-5-6-17-14(8-13)25-21(32-17)27-12-7-15-18(16(27)10-30-9-12)33-20(24-15)26-19(28)23-11-22(2,3)29/h5-6,8,12,16,29H,4,7,9-11H2,1-3H3,(H2,23,24,26,28)/t12-,16-/m0/s1. The second-order valence-electron chi connectivity index (χ2n) is 8.83. The van der Waals surface area contributed by atoms with Gasteiger partial charge < -0.3 is 29.2 Å². The van der Waals surface area contributed by atoms with E-state index in [0.717, 1.165) is 21.8 Å². The summed E-state index contributed by atoms with van der Waals surface area (Å²) in [6.07, 6.45) is 0.665. The van der Waals surface area contributed by atoms with E-state index in [-0.39, 0.29) is 18.6 Å². The number of morpholine rings is 1. The number of fused-ring (bicyclic) bond motifs is 5. The second kappa shape index (κ2) is 8.47. The Morgan fingerprint density at radius 3 is 3.00 bits per heavy atom. The summed E-state index contributed by atoms with van der Waals surface area (Å²) in [6.45, 7) is 6.97. The molecule has 0 spiro atoms. The number of benzene rings is 1. The Kier molecular flexibility index (Phi) is 5.63. The zero-order chi connectivity index (χ0) is 23.2. The predicted molar refractivity (Wildman–Crippen MR) is 124 cm³/mol. The molecule has 1 aromatic carbocycles. The average Bonchev–Trinajstić information content (AvgIpc) is 3.35. The van der Waals surface area contributed by atoms with Gasteiger partial charge in [-0.05, 0) is 32.9 Å². The maximum absolute atomic E-state index is 12.2. The molecule has 1 saturated heterocycles. The molecule has 3 N–H and O–H groups in total. The first-order chi connectivity index (χ1) is 15.8. The van der Waals surface area contributed by atoms with Crippen molar-refractivity contribution in [3.8, 4) is 5.75 Å². The van der Waals surface area contributed by atoms with Gasteiger partial charge in [0.05, 0.1) is 48.1 Å². The lowest BCUT2D eigenvalue weighted by molar-refractivity contribution is 0.0579. The van der Waals surface area contributed by atoms with Gasteiger partial charge in [0, 0.05) is 19.0 Å². The Morgan fingerprint density at radius 1 is 1.36 bits per heavy atom. The van der Waals surface area contributed by atoms with E-state index in [1.807, 2.05) is 25.1 Å². The number of nitrogens with zero attached hydrogens (tertiary/aromatic N) is 3. The van der Waals surface area contributed by atoms with Gasteiger partial charge in [-0.2, -0.15) is 4.98 Å². The number of nitrogens with one attached hydrogen (secondary N) is 2. The number of oxazole rings is 1. The molecule has 0 radical (unpaired) electrons. The summed E-state index contributed by atoms with van der Waals surface area (Å²) >= 11 is 1.42. The molecule has 2 atom stereocenters. The van der Waals surface area contributed by atoms with E-state index in [1.165, 1.54) is 11.3 Å². The summed E-state index contributed by atoms with van der Waals surface area (Å²) in [7, 11) is 0. The average molecular weight is 474 g/mol. The van der Waals surface area contributed by atoms with Crippen molar-refractivity contribution in [1.29, 1.82) is 0 Å². The van der Waals surface area contributed by atoms with Crippen LogP contribution >= 0.6 is 11.3 Å². The molecule has 1 fully saturated rings. The summed E-state index contributed by atoms with van der Waals surface area (Å²) in [5.41, 5.74) is 1.42. The van der Waals surface area contributed by atoms with Gasteiger partial charge in [0.1, 0.15) is 11.3 Å². The minimum absolute atomic E-state index is 0.0367. The monoisotopic (exact) mass is 473 g/mol. The van der Waals surface area contributed by atoms with E-state index in [0.29, 0.717) is 43.0 Å². The molecule has 3 aromatic rings. The summed E-state index contributed by atoms with van der Waals surface area (Å²) in [5.74, 6) is 0.760. The highest BCUT2D eigenvalue weighted by Gasteiger charge is 2.43. The van der Waals surface area contributed by atoms with Crippen LogP contribution in [0.25, 0.3) is 11.1 Å². The van der Waals surface area contributed by atoms with Crippen LogP contribution in [-0.2, 0) is 11.2 Å². The minimum Gasteiger partial charge on any atom is -0.494 e. The highest BCUT2D eigenvalue weighted by atomic mass is 32.1. The number of thiazole rings is 1. The zero-order valence-corrected chi connectivity index (χ0v) is 19.6. The van der Waals surface area contributed by atoms with Crippen LogP contribution in [0.15, 0.2) is 22.6 Å². The fraction of sp³-hybridized carbons (Fsp3) is 0.500. The molecule has 2 aliphatic rings. The molecule has 2 bridgehead atoms. The van der Waals surface area contributed by atoms with Gasteiger partial charge in [0.15, 0.2) is 10.7 Å². The number of amides is 2. The molecule has 2 amide bonds. The highest BCUT2D eigenvalue weighted by molar-refractivity contribution is 7.16. The van der Waals surface area contributed by atoms with Crippen LogP contribution < -0.4 is 20.3 Å². The van der Waals surface area contributed by atoms with Crippen molar-refractivity contribution in [2.45, 2.75) is 44.9 Å². The van der Waals surface area contributed by atoms with Crippen molar-refractivity contribution in [1.82, 2.24) is 15.3 Å². The molecule has 10 nitrogen and oxygen atoms in total.